The van der Waals surface area contributed by atoms with Crippen molar-refractivity contribution in [3.05, 3.63) is 93.2 Å². The van der Waals surface area contributed by atoms with Crippen LogP contribution in [0.4, 0.5) is 0 Å². The molecule has 0 saturated carbocycles. The first kappa shape index (κ1) is 26.2. The Bertz CT molecular complexity index is 1500. The number of hydrogen-bond donors (Lipinski definition) is 2. The van der Waals surface area contributed by atoms with Crippen molar-refractivity contribution >= 4 is 0 Å². The predicted molar refractivity (Wildman–Crippen MR) is 146 cm³/mol. The molecule has 1 aromatic heterocycles. The fourth-order valence-corrected chi connectivity index (χ4v) is 5.23. The SMILES string of the molecule is N#CC1CN(C[C@H](Cc2nc[nH]c(=O)c2O)c2ccc(C#Cc3ccc(CN4CC[C@H](C#N)C4)cc3)cc2)C1. The third kappa shape index (κ3) is 6.54. The van der Waals surface area contributed by atoms with Crippen molar-refractivity contribution in [3.8, 4) is 29.7 Å². The maximum absolute atomic E-state index is 11.9. The smallest absolute Gasteiger partial charge is 0.293 e. The lowest BCUT2D eigenvalue weighted by Gasteiger charge is -2.37. The zero-order chi connectivity index (χ0) is 27.2. The molecule has 2 aliphatic heterocycles. The van der Waals surface area contributed by atoms with Gasteiger partial charge in [0.2, 0.25) is 5.75 Å². The van der Waals surface area contributed by atoms with E-state index in [4.69, 9.17) is 10.5 Å². The minimum absolute atomic E-state index is 0.00144. The summed E-state index contributed by atoms with van der Waals surface area (Å²) in [6.45, 7) is 4.82. The van der Waals surface area contributed by atoms with Crippen molar-refractivity contribution in [2.75, 3.05) is 32.7 Å². The van der Waals surface area contributed by atoms with E-state index in [2.05, 4.69) is 55.9 Å². The van der Waals surface area contributed by atoms with Gasteiger partial charge in [0.05, 0.1) is 36.0 Å². The van der Waals surface area contributed by atoms with E-state index in [0.29, 0.717) is 18.7 Å². The molecule has 0 unspecified atom stereocenters. The quantitative estimate of drug-likeness (QED) is 0.462. The summed E-state index contributed by atoms with van der Waals surface area (Å²) in [5.41, 5.74) is 3.94. The van der Waals surface area contributed by atoms with Crippen molar-refractivity contribution < 1.29 is 5.11 Å². The number of nitriles is 2. The standard InChI is InChI=1S/C31H30N6O2/c32-14-25-11-12-36(17-25)16-24-5-3-22(4-6-24)1-2-23-7-9-27(10-8-23)28(20-37-18-26(15-33)19-37)13-29-30(38)31(39)35-21-34-29/h3-10,21,25-26,28,38H,11-13,16-20H2,(H,34,35,39)/t25-,28+/m1/s1. The van der Waals surface area contributed by atoms with E-state index in [-0.39, 0.29) is 23.5 Å². The summed E-state index contributed by atoms with van der Waals surface area (Å²) in [5, 5.41) is 28.4. The molecule has 0 bridgehead atoms. The Kier molecular flexibility index (Phi) is 8.04. The molecule has 3 aromatic rings. The van der Waals surface area contributed by atoms with Crippen molar-refractivity contribution in [3.63, 3.8) is 0 Å². The van der Waals surface area contributed by atoms with Crippen molar-refractivity contribution in [1.82, 2.24) is 19.8 Å². The third-order valence-corrected chi connectivity index (χ3v) is 7.51. The van der Waals surface area contributed by atoms with Crippen LogP contribution in [0.1, 0.15) is 40.3 Å². The number of aromatic amines is 1. The van der Waals surface area contributed by atoms with Crippen LogP contribution in [0.25, 0.3) is 0 Å². The van der Waals surface area contributed by atoms with Crippen LogP contribution in [0.15, 0.2) is 59.7 Å². The van der Waals surface area contributed by atoms with Gasteiger partial charge in [0.25, 0.3) is 5.56 Å². The van der Waals surface area contributed by atoms with Crippen LogP contribution >= 0.6 is 0 Å². The number of H-pyrrole nitrogens is 1. The summed E-state index contributed by atoms with van der Waals surface area (Å²) in [7, 11) is 0. The Morgan fingerprint density at radius 2 is 1.59 bits per heavy atom. The Morgan fingerprint density at radius 1 is 0.949 bits per heavy atom. The van der Waals surface area contributed by atoms with Gasteiger partial charge in [-0.2, -0.15) is 10.5 Å². The highest BCUT2D eigenvalue weighted by atomic mass is 16.3. The van der Waals surface area contributed by atoms with Crippen LogP contribution < -0.4 is 5.56 Å². The fraction of sp³-hybridized carbons (Fsp3) is 0.355. The molecular weight excluding hydrogens is 488 g/mol. The van der Waals surface area contributed by atoms with Crippen LogP contribution in [0.5, 0.6) is 5.75 Å². The summed E-state index contributed by atoms with van der Waals surface area (Å²) in [5.74, 6) is 6.33. The van der Waals surface area contributed by atoms with E-state index in [9.17, 15) is 9.90 Å². The molecule has 5 rings (SSSR count). The normalized spacial score (nSPS) is 18.4. The molecule has 0 amide bonds. The first-order valence-corrected chi connectivity index (χ1v) is 13.2. The molecule has 0 spiro atoms. The van der Waals surface area contributed by atoms with Gasteiger partial charge < -0.3 is 15.0 Å². The van der Waals surface area contributed by atoms with Gasteiger partial charge in [0.15, 0.2) is 0 Å². The summed E-state index contributed by atoms with van der Waals surface area (Å²) in [6.07, 6.45) is 2.67. The number of nitrogens with zero attached hydrogens (tertiary/aromatic N) is 5. The van der Waals surface area contributed by atoms with Crippen LogP contribution in [-0.2, 0) is 13.0 Å². The van der Waals surface area contributed by atoms with E-state index in [0.717, 1.165) is 55.8 Å². The molecule has 2 N–H and O–H groups in total. The number of hydrogen-bond acceptors (Lipinski definition) is 7. The molecule has 2 fully saturated rings. The average molecular weight is 519 g/mol. The largest absolute Gasteiger partial charge is 0.502 e. The van der Waals surface area contributed by atoms with Crippen molar-refractivity contribution in [2.45, 2.75) is 25.3 Å². The number of aromatic hydroxyl groups is 1. The molecule has 8 heteroatoms. The lowest BCUT2D eigenvalue weighted by atomic mass is 9.90. The first-order valence-electron chi connectivity index (χ1n) is 13.2. The van der Waals surface area contributed by atoms with Crippen LogP contribution in [0.3, 0.4) is 0 Å². The van der Waals surface area contributed by atoms with Crippen LogP contribution in [0, 0.1) is 46.3 Å². The molecule has 8 nitrogen and oxygen atoms in total. The van der Waals surface area contributed by atoms with Gasteiger partial charge in [-0.05, 0) is 48.4 Å². The second-order valence-electron chi connectivity index (χ2n) is 10.4. The third-order valence-electron chi connectivity index (χ3n) is 7.51. The maximum atomic E-state index is 11.9. The van der Waals surface area contributed by atoms with Crippen LogP contribution in [-0.4, -0.2) is 57.6 Å². The molecule has 2 atom stereocenters. The number of nitrogens with one attached hydrogen (secondary N) is 1. The Hall–Kier alpha value is -4.42. The number of likely N-dealkylation sites (tertiary alicyclic amines) is 2. The molecule has 0 aliphatic carbocycles. The number of aromatic nitrogens is 2. The first-order chi connectivity index (χ1) is 19.0. The molecule has 2 aromatic carbocycles. The van der Waals surface area contributed by atoms with E-state index < -0.39 is 5.56 Å². The minimum Gasteiger partial charge on any atom is -0.502 e. The Morgan fingerprint density at radius 3 is 2.23 bits per heavy atom. The highest BCUT2D eigenvalue weighted by molar-refractivity contribution is 5.44. The fourth-order valence-electron chi connectivity index (χ4n) is 5.23. The number of rotatable bonds is 7. The van der Waals surface area contributed by atoms with E-state index in [1.54, 1.807) is 0 Å². The zero-order valence-electron chi connectivity index (χ0n) is 21.7. The second-order valence-corrected chi connectivity index (χ2v) is 10.4. The summed E-state index contributed by atoms with van der Waals surface area (Å²) in [4.78, 5) is 23.0. The molecular formula is C31H30N6O2. The predicted octanol–water partition coefficient (Wildman–Crippen LogP) is 3.00. The van der Waals surface area contributed by atoms with Gasteiger partial charge in [-0.15, -0.1) is 0 Å². The average Bonchev–Trinajstić information content (AvgIpc) is 3.39. The van der Waals surface area contributed by atoms with E-state index in [1.165, 1.54) is 11.9 Å². The number of benzene rings is 2. The van der Waals surface area contributed by atoms with Gasteiger partial charge >= 0.3 is 0 Å². The minimum atomic E-state index is -0.547. The molecule has 3 heterocycles. The Balaban J connectivity index is 1.25. The van der Waals surface area contributed by atoms with Gasteiger partial charge in [-0.3, -0.25) is 9.69 Å². The van der Waals surface area contributed by atoms with Gasteiger partial charge in [-0.1, -0.05) is 36.1 Å². The molecule has 2 aliphatic rings. The monoisotopic (exact) mass is 518 g/mol. The van der Waals surface area contributed by atoms with Gasteiger partial charge in [0.1, 0.15) is 0 Å². The second kappa shape index (κ2) is 12.0. The lowest BCUT2D eigenvalue weighted by molar-refractivity contribution is 0.125. The zero-order valence-corrected chi connectivity index (χ0v) is 21.7. The highest BCUT2D eigenvalue weighted by Gasteiger charge is 2.29. The summed E-state index contributed by atoms with van der Waals surface area (Å²) in [6, 6.07) is 21.0. The van der Waals surface area contributed by atoms with E-state index in [1.807, 2.05) is 36.4 Å². The van der Waals surface area contributed by atoms with Crippen molar-refractivity contribution in [2.24, 2.45) is 11.8 Å². The molecule has 0 radical (unpaired) electrons. The van der Waals surface area contributed by atoms with Gasteiger partial charge in [-0.25, -0.2) is 4.98 Å². The Labute approximate surface area is 228 Å². The highest BCUT2D eigenvalue weighted by Crippen LogP contribution is 2.27. The van der Waals surface area contributed by atoms with E-state index >= 15 is 0 Å². The molecule has 196 valence electrons. The summed E-state index contributed by atoms with van der Waals surface area (Å²) >= 11 is 0. The maximum Gasteiger partial charge on any atom is 0.293 e. The molecule has 39 heavy (non-hydrogen) atoms. The van der Waals surface area contributed by atoms with Crippen LogP contribution in [0.2, 0.25) is 0 Å². The van der Waals surface area contributed by atoms with Crippen molar-refractivity contribution in [1.29, 1.82) is 10.5 Å². The topological polar surface area (TPSA) is 120 Å². The molecule has 2 saturated heterocycles. The van der Waals surface area contributed by atoms with Gasteiger partial charge in [0, 0.05) is 56.2 Å². The summed E-state index contributed by atoms with van der Waals surface area (Å²) < 4.78 is 0. The lowest BCUT2D eigenvalue weighted by Crippen LogP contribution is -2.47.